The first-order valence-corrected chi connectivity index (χ1v) is 7.28. The van der Waals surface area contributed by atoms with Crippen LogP contribution in [0.2, 0.25) is 0 Å². The molecule has 3 fully saturated rings. The van der Waals surface area contributed by atoms with Gasteiger partial charge in [-0.1, -0.05) is 19.8 Å². The highest BCUT2D eigenvalue weighted by molar-refractivity contribution is 14.0. The van der Waals surface area contributed by atoms with E-state index in [2.05, 4.69) is 11.8 Å². The molecule has 1 heterocycles. The molecule has 3 rings (SSSR count). The van der Waals surface area contributed by atoms with Gasteiger partial charge >= 0.3 is 0 Å². The highest BCUT2D eigenvalue weighted by Gasteiger charge is 2.55. The van der Waals surface area contributed by atoms with Crippen molar-refractivity contribution < 1.29 is 0 Å². The molecule has 3 nitrogen and oxygen atoms in total. The number of hydrogen-bond acceptors (Lipinski definition) is 1. The molecule has 0 radical (unpaired) electrons. The van der Waals surface area contributed by atoms with E-state index in [1.807, 2.05) is 0 Å². The van der Waals surface area contributed by atoms with E-state index in [1.54, 1.807) is 0 Å². The van der Waals surface area contributed by atoms with E-state index in [-0.39, 0.29) is 24.0 Å². The van der Waals surface area contributed by atoms with Gasteiger partial charge in [0.15, 0.2) is 5.96 Å². The summed E-state index contributed by atoms with van der Waals surface area (Å²) < 4.78 is 0. The van der Waals surface area contributed by atoms with Crippen LogP contribution in [0, 0.1) is 11.3 Å². The molecule has 1 spiro atoms. The van der Waals surface area contributed by atoms with Crippen molar-refractivity contribution in [2.24, 2.45) is 22.1 Å². The molecule has 0 aromatic rings. The number of nitrogens with two attached hydrogens (primary N) is 1. The molecule has 0 aromatic carbocycles. The van der Waals surface area contributed by atoms with Gasteiger partial charge in [0, 0.05) is 13.1 Å². The van der Waals surface area contributed by atoms with Crippen LogP contribution in [0.15, 0.2) is 4.99 Å². The molecule has 18 heavy (non-hydrogen) atoms. The highest BCUT2D eigenvalue weighted by Crippen LogP contribution is 2.59. The number of halogens is 1. The van der Waals surface area contributed by atoms with Crippen molar-refractivity contribution in [2.75, 3.05) is 13.1 Å². The third-order valence-corrected chi connectivity index (χ3v) is 5.02. The smallest absolute Gasteiger partial charge is 0.191 e. The molecular weight excluding hydrogens is 337 g/mol. The predicted molar refractivity (Wildman–Crippen MR) is 86.3 cm³/mol. The number of nitrogens with zero attached hydrogens (tertiary/aromatic N) is 2. The van der Waals surface area contributed by atoms with Crippen molar-refractivity contribution >= 4 is 29.9 Å². The normalized spacial score (nSPS) is 34.5. The van der Waals surface area contributed by atoms with Crippen LogP contribution in [0.1, 0.15) is 51.9 Å². The lowest BCUT2D eigenvalue weighted by molar-refractivity contribution is 0.270. The first-order chi connectivity index (χ1) is 8.20. The highest BCUT2D eigenvalue weighted by atomic mass is 127. The molecule has 0 aromatic heterocycles. The van der Waals surface area contributed by atoms with Crippen molar-refractivity contribution in [3.8, 4) is 0 Å². The second-order valence-electron chi connectivity index (χ2n) is 6.47. The minimum atomic E-state index is 0. The Labute approximate surface area is 128 Å². The number of piperidine rings is 1. The summed E-state index contributed by atoms with van der Waals surface area (Å²) >= 11 is 0. The molecular formula is C14H26IN3. The zero-order valence-electron chi connectivity index (χ0n) is 11.4. The molecule has 2 N–H and O–H groups in total. The van der Waals surface area contributed by atoms with Gasteiger partial charge in [0.2, 0.25) is 0 Å². The van der Waals surface area contributed by atoms with Crippen LogP contribution >= 0.6 is 24.0 Å². The molecule has 104 valence electrons. The Morgan fingerprint density at radius 2 is 2.00 bits per heavy atom. The summed E-state index contributed by atoms with van der Waals surface area (Å²) in [5, 5.41) is 0. The lowest BCUT2D eigenvalue weighted by Crippen LogP contribution is -2.43. The van der Waals surface area contributed by atoms with E-state index >= 15 is 0 Å². The fourth-order valence-corrected chi connectivity index (χ4v) is 3.76. The number of rotatable bonds is 1. The van der Waals surface area contributed by atoms with E-state index in [0.717, 1.165) is 25.0 Å². The van der Waals surface area contributed by atoms with Crippen molar-refractivity contribution in [3.63, 3.8) is 0 Å². The van der Waals surface area contributed by atoms with Crippen LogP contribution in [0.25, 0.3) is 0 Å². The summed E-state index contributed by atoms with van der Waals surface area (Å²) in [6.07, 6.45) is 9.52. The Bertz CT molecular complexity index is 323. The zero-order chi connectivity index (χ0) is 11.9. The number of hydrogen-bond donors (Lipinski definition) is 1. The van der Waals surface area contributed by atoms with E-state index in [0.29, 0.717) is 11.5 Å². The van der Waals surface area contributed by atoms with E-state index < -0.39 is 0 Å². The van der Waals surface area contributed by atoms with Gasteiger partial charge in [-0.3, -0.25) is 0 Å². The van der Waals surface area contributed by atoms with Gasteiger partial charge in [-0.25, -0.2) is 4.99 Å². The molecule has 2 unspecified atom stereocenters. The molecule has 4 heteroatoms. The summed E-state index contributed by atoms with van der Waals surface area (Å²) in [6, 6.07) is 0.558. The second-order valence-corrected chi connectivity index (χ2v) is 6.47. The molecule has 1 saturated heterocycles. The Kier molecular flexibility index (Phi) is 4.44. The van der Waals surface area contributed by atoms with Crippen molar-refractivity contribution in [2.45, 2.75) is 57.9 Å². The molecule has 2 atom stereocenters. The summed E-state index contributed by atoms with van der Waals surface area (Å²) in [7, 11) is 0. The Morgan fingerprint density at radius 3 is 2.67 bits per heavy atom. The fourth-order valence-electron chi connectivity index (χ4n) is 3.76. The van der Waals surface area contributed by atoms with E-state index in [9.17, 15) is 0 Å². The molecule has 1 aliphatic heterocycles. The lowest BCUT2D eigenvalue weighted by atomic mass is 10.0. The Morgan fingerprint density at radius 1 is 1.28 bits per heavy atom. The molecule has 2 saturated carbocycles. The molecule has 2 aliphatic carbocycles. The maximum absolute atomic E-state index is 6.18. The van der Waals surface area contributed by atoms with E-state index in [4.69, 9.17) is 10.7 Å². The number of guanidine groups is 1. The van der Waals surface area contributed by atoms with Crippen LogP contribution in [-0.4, -0.2) is 30.0 Å². The van der Waals surface area contributed by atoms with Gasteiger partial charge in [0.1, 0.15) is 0 Å². The number of likely N-dealkylation sites (tertiary alicyclic amines) is 1. The van der Waals surface area contributed by atoms with Gasteiger partial charge in [-0.2, -0.15) is 0 Å². The monoisotopic (exact) mass is 363 g/mol. The summed E-state index contributed by atoms with van der Waals surface area (Å²) in [6.45, 7) is 4.53. The number of aliphatic imine (C=N–C) groups is 1. The SMILES string of the molecule is CC1CCCN(C(N)=NC2CC23CCCC3)C1.I. The quantitative estimate of drug-likeness (QED) is 0.442. The first kappa shape index (κ1) is 14.4. The van der Waals surface area contributed by atoms with E-state index in [1.165, 1.54) is 44.9 Å². The van der Waals surface area contributed by atoms with Gasteiger partial charge in [0.25, 0.3) is 0 Å². The fraction of sp³-hybridized carbons (Fsp3) is 0.929. The summed E-state index contributed by atoms with van der Waals surface area (Å²) in [4.78, 5) is 7.10. The standard InChI is InChI=1S/C14H25N3.HI/c1-11-5-4-8-17(10-11)13(15)16-12-9-14(12)6-2-3-7-14;/h11-12H,2-10H2,1H3,(H2,15,16);1H. The minimum Gasteiger partial charge on any atom is -0.370 e. The van der Waals surface area contributed by atoms with Gasteiger partial charge in [0.05, 0.1) is 6.04 Å². The van der Waals surface area contributed by atoms with Crippen molar-refractivity contribution in [3.05, 3.63) is 0 Å². The second kappa shape index (κ2) is 5.55. The average molecular weight is 363 g/mol. The minimum absolute atomic E-state index is 0. The average Bonchev–Trinajstić information content (AvgIpc) is 2.74. The third kappa shape index (κ3) is 2.78. The summed E-state index contributed by atoms with van der Waals surface area (Å²) in [5.74, 6) is 1.60. The van der Waals surface area contributed by atoms with Gasteiger partial charge in [-0.05, 0) is 43.4 Å². The maximum atomic E-state index is 6.18. The lowest BCUT2D eigenvalue weighted by Gasteiger charge is -2.31. The van der Waals surface area contributed by atoms with Crippen molar-refractivity contribution in [1.82, 2.24) is 4.90 Å². The molecule has 0 amide bonds. The zero-order valence-corrected chi connectivity index (χ0v) is 13.7. The maximum Gasteiger partial charge on any atom is 0.191 e. The van der Waals surface area contributed by atoms with Crippen LogP contribution in [0.3, 0.4) is 0 Å². The molecule has 0 bridgehead atoms. The Hall–Kier alpha value is 0. The summed E-state index contributed by atoms with van der Waals surface area (Å²) in [5.41, 5.74) is 6.77. The van der Waals surface area contributed by atoms with Crippen LogP contribution < -0.4 is 5.73 Å². The molecule has 3 aliphatic rings. The van der Waals surface area contributed by atoms with Crippen LogP contribution in [-0.2, 0) is 0 Å². The van der Waals surface area contributed by atoms with Crippen LogP contribution in [0.4, 0.5) is 0 Å². The largest absolute Gasteiger partial charge is 0.370 e. The first-order valence-electron chi connectivity index (χ1n) is 7.28. The van der Waals surface area contributed by atoms with Gasteiger partial charge < -0.3 is 10.6 Å². The predicted octanol–water partition coefficient (Wildman–Crippen LogP) is 2.98. The van der Waals surface area contributed by atoms with Gasteiger partial charge in [-0.15, -0.1) is 24.0 Å². The topological polar surface area (TPSA) is 41.6 Å². The van der Waals surface area contributed by atoms with Crippen molar-refractivity contribution in [1.29, 1.82) is 0 Å². The third-order valence-electron chi connectivity index (χ3n) is 5.02. The van der Waals surface area contributed by atoms with Crippen LogP contribution in [0.5, 0.6) is 0 Å². The Balaban J connectivity index is 0.00000120.